The third kappa shape index (κ3) is 1.01. The molecule has 2 nitrogen and oxygen atoms in total. The van der Waals surface area contributed by atoms with Crippen LogP contribution in [-0.2, 0) is 0 Å². The number of aromatic nitrogens is 2. The molecule has 0 spiro atoms. The Morgan fingerprint density at radius 2 is 2.33 bits per heavy atom. The van der Waals surface area contributed by atoms with Gasteiger partial charge in [0.2, 0.25) is 0 Å². The third-order valence-electron chi connectivity index (χ3n) is 1.86. The van der Waals surface area contributed by atoms with E-state index in [0.29, 0.717) is 0 Å². The molecule has 0 radical (unpaired) electrons. The molecule has 0 aliphatic heterocycles. The molecule has 60 valence electrons. The first kappa shape index (κ1) is 7.10. The molecule has 2 aromatic rings. The molecule has 0 aliphatic carbocycles. The zero-order valence-electron chi connectivity index (χ0n) is 6.96. The molecule has 1 aromatic heterocycles. The lowest BCUT2D eigenvalue weighted by atomic mass is 10.2. The molecule has 2 rings (SSSR count). The van der Waals surface area contributed by atoms with Crippen molar-refractivity contribution < 1.29 is 0 Å². The topological polar surface area (TPSA) is 28.7 Å². The van der Waals surface area contributed by atoms with Crippen molar-refractivity contribution in [3.63, 3.8) is 0 Å². The summed E-state index contributed by atoms with van der Waals surface area (Å²) < 4.78 is 0. The molecule has 0 saturated heterocycles. The largest absolute Gasteiger partial charge is 0.342 e. The van der Waals surface area contributed by atoms with Gasteiger partial charge >= 0.3 is 0 Å². The number of hydrogen-bond donors (Lipinski definition) is 1. The highest BCUT2D eigenvalue weighted by atomic mass is 14.9. The maximum Gasteiger partial charge on any atom is 0.104 e. The van der Waals surface area contributed by atoms with E-state index in [0.717, 1.165) is 22.4 Å². The van der Waals surface area contributed by atoms with Gasteiger partial charge in [0.25, 0.3) is 0 Å². The lowest BCUT2D eigenvalue weighted by Crippen LogP contribution is -1.72. The van der Waals surface area contributed by atoms with Crippen molar-refractivity contribution in [3.05, 3.63) is 36.2 Å². The number of nitrogens with zero attached hydrogens (tertiary/aromatic N) is 1. The van der Waals surface area contributed by atoms with Crippen molar-refractivity contribution in [2.24, 2.45) is 0 Å². The fourth-order valence-electron chi connectivity index (χ4n) is 1.28. The summed E-state index contributed by atoms with van der Waals surface area (Å²) in [5.41, 5.74) is 3.20. The second kappa shape index (κ2) is 2.48. The summed E-state index contributed by atoms with van der Waals surface area (Å²) in [7, 11) is 0. The number of benzene rings is 1. The number of nitrogens with one attached hydrogen (secondary N) is 1. The highest BCUT2D eigenvalue weighted by Crippen LogP contribution is 2.13. The lowest BCUT2D eigenvalue weighted by molar-refractivity contribution is 1.17. The molecule has 1 N–H and O–H groups in total. The summed E-state index contributed by atoms with van der Waals surface area (Å²) in [5.74, 6) is 0.950. The van der Waals surface area contributed by atoms with Crippen LogP contribution in [0.5, 0.6) is 0 Å². The van der Waals surface area contributed by atoms with E-state index in [4.69, 9.17) is 0 Å². The number of hydrogen-bond acceptors (Lipinski definition) is 1. The van der Waals surface area contributed by atoms with Crippen LogP contribution in [0.25, 0.3) is 17.1 Å². The maximum absolute atomic E-state index is 4.30. The van der Waals surface area contributed by atoms with E-state index >= 15 is 0 Å². The van der Waals surface area contributed by atoms with Gasteiger partial charge in [-0.2, -0.15) is 0 Å². The van der Waals surface area contributed by atoms with E-state index in [-0.39, 0.29) is 0 Å². The second-order valence-electron chi connectivity index (χ2n) is 2.80. The van der Waals surface area contributed by atoms with E-state index in [1.807, 2.05) is 31.2 Å². The van der Waals surface area contributed by atoms with Crippen molar-refractivity contribution in [1.29, 1.82) is 0 Å². The van der Waals surface area contributed by atoms with Gasteiger partial charge in [-0.3, -0.25) is 0 Å². The predicted octanol–water partition coefficient (Wildman–Crippen LogP) is 2.51. The maximum atomic E-state index is 4.30. The Hall–Kier alpha value is -1.57. The van der Waals surface area contributed by atoms with Crippen LogP contribution in [0.15, 0.2) is 24.8 Å². The fraction of sp³-hybridized carbons (Fsp3) is 0.100. The summed E-state index contributed by atoms with van der Waals surface area (Å²) in [4.78, 5) is 7.47. The smallest absolute Gasteiger partial charge is 0.104 e. The van der Waals surface area contributed by atoms with E-state index in [2.05, 4.69) is 16.5 Å². The Morgan fingerprint density at radius 3 is 3.08 bits per heavy atom. The predicted molar refractivity (Wildman–Crippen MR) is 50.9 cm³/mol. The Kier molecular flexibility index (Phi) is 1.47. The van der Waals surface area contributed by atoms with Gasteiger partial charge in [-0.1, -0.05) is 18.7 Å². The summed E-state index contributed by atoms with van der Waals surface area (Å²) in [6.45, 7) is 5.66. The van der Waals surface area contributed by atoms with Gasteiger partial charge in [-0.05, 0) is 24.6 Å². The molecule has 0 unspecified atom stereocenters. The van der Waals surface area contributed by atoms with Crippen LogP contribution in [0.2, 0.25) is 0 Å². The molecule has 0 bridgehead atoms. The quantitative estimate of drug-likeness (QED) is 0.678. The number of aryl methyl sites for hydroxylation is 1. The minimum atomic E-state index is 0.950. The molecular formula is C10H10N2. The summed E-state index contributed by atoms with van der Waals surface area (Å²) in [6.07, 6.45) is 1.83. The summed E-state index contributed by atoms with van der Waals surface area (Å²) in [5, 5.41) is 0. The molecular weight excluding hydrogens is 148 g/mol. The van der Waals surface area contributed by atoms with Crippen LogP contribution >= 0.6 is 0 Å². The Morgan fingerprint density at radius 1 is 1.50 bits per heavy atom. The Labute approximate surface area is 70.9 Å². The van der Waals surface area contributed by atoms with Gasteiger partial charge < -0.3 is 4.98 Å². The molecule has 0 atom stereocenters. The van der Waals surface area contributed by atoms with E-state index in [1.165, 1.54) is 0 Å². The minimum absolute atomic E-state index is 0.950. The van der Waals surface area contributed by atoms with E-state index in [1.54, 1.807) is 0 Å². The fourth-order valence-corrected chi connectivity index (χ4v) is 1.28. The number of H-pyrrole nitrogens is 1. The van der Waals surface area contributed by atoms with Gasteiger partial charge in [-0.25, -0.2) is 4.98 Å². The van der Waals surface area contributed by atoms with Gasteiger partial charge in [0.05, 0.1) is 11.0 Å². The average molecular weight is 158 g/mol. The monoisotopic (exact) mass is 158 g/mol. The van der Waals surface area contributed by atoms with Crippen LogP contribution in [0, 0.1) is 6.92 Å². The van der Waals surface area contributed by atoms with Crippen LogP contribution in [0.3, 0.4) is 0 Å². The van der Waals surface area contributed by atoms with E-state index in [9.17, 15) is 0 Å². The number of fused-ring (bicyclic) bond motifs is 1. The van der Waals surface area contributed by atoms with E-state index < -0.39 is 0 Å². The average Bonchev–Trinajstić information content (AvgIpc) is 2.43. The zero-order valence-corrected chi connectivity index (χ0v) is 6.96. The molecule has 12 heavy (non-hydrogen) atoms. The zero-order chi connectivity index (χ0) is 8.55. The Balaban J connectivity index is 2.74. The first-order valence-corrected chi connectivity index (χ1v) is 3.88. The van der Waals surface area contributed by atoms with Crippen LogP contribution < -0.4 is 0 Å². The highest BCUT2D eigenvalue weighted by Gasteiger charge is 1.97. The second-order valence-corrected chi connectivity index (χ2v) is 2.80. The lowest BCUT2D eigenvalue weighted by Gasteiger charge is -1.90. The Bertz CT molecular complexity index is 426. The molecule has 2 heteroatoms. The summed E-state index contributed by atoms with van der Waals surface area (Å²) in [6, 6.07) is 6.05. The van der Waals surface area contributed by atoms with Crippen LogP contribution in [0.4, 0.5) is 0 Å². The normalized spacial score (nSPS) is 10.4. The van der Waals surface area contributed by atoms with Crippen molar-refractivity contribution in [2.75, 3.05) is 0 Å². The van der Waals surface area contributed by atoms with Crippen molar-refractivity contribution in [1.82, 2.24) is 9.97 Å². The van der Waals surface area contributed by atoms with Gasteiger partial charge in [0.1, 0.15) is 5.82 Å². The highest BCUT2D eigenvalue weighted by molar-refractivity contribution is 5.77. The minimum Gasteiger partial charge on any atom is -0.342 e. The molecule has 1 aromatic carbocycles. The standard InChI is InChI=1S/C10H10N2/c1-3-8-4-5-9-10(6-8)12-7(2)11-9/h3-6H,1H2,2H3,(H,11,12). The molecule has 0 saturated carbocycles. The molecule has 1 heterocycles. The van der Waals surface area contributed by atoms with Gasteiger partial charge in [0, 0.05) is 0 Å². The summed E-state index contributed by atoms with van der Waals surface area (Å²) >= 11 is 0. The van der Waals surface area contributed by atoms with Gasteiger partial charge in [0.15, 0.2) is 0 Å². The van der Waals surface area contributed by atoms with Crippen LogP contribution in [-0.4, -0.2) is 9.97 Å². The van der Waals surface area contributed by atoms with Crippen LogP contribution in [0.1, 0.15) is 11.4 Å². The molecule has 0 aliphatic rings. The number of imidazole rings is 1. The van der Waals surface area contributed by atoms with Gasteiger partial charge in [-0.15, -0.1) is 0 Å². The van der Waals surface area contributed by atoms with Crippen molar-refractivity contribution in [2.45, 2.75) is 6.92 Å². The first-order chi connectivity index (χ1) is 5.79. The SMILES string of the molecule is C=Cc1ccc2nc(C)[nH]c2c1. The number of rotatable bonds is 1. The van der Waals surface area contributed by atoms with Crippen molar-refractivity contribution >= 4 is 17.1 Å². The first-order valence-electron chi connectivity index (χ1n) is 3.88. The van der Waals surface area contributed by atoms with Crippen molar-refractivity contribution in [3.8, 4) is 0 Å². The molecule has 0 fully saturated rings. The molecule has 0 amide bonds. The third-order valence-corrected chi connectivity index (χ3v) is 1.86. The number of aromatic amines is 1.